The fourth-order valence-electron chi connectivity index (χ4n) is 0.716. The minimum absolute atomic E-state index is 0.116. The summed E-state index contributed by atoms with van der Waals surface area (Å²) in [6.45, 7) is 0. The molecule has 0 bridgehead atoms. The van der Waals surface area contributed by atoms with Gasteiger partial charge in [-0.1, -0.05) is 0 Å². The molecule has 1 rings (SSSR count). The molecule has 0 aliphatic heterocycles. The van der Waals surface area contributed by atoms with E-state index < -0.39 is 12.1 Å². The Morgan fingerprint density at radius 1 is 1.67 bits per heavy atom. The molecule has 0 aliphatic carbocycles. The average Bonchev–Trinajstić information content (AvgIpc) is 2.04. The van der Waals surface area contributed by atoms with Crippen molar-refractivity contribution in [3.05, 3.63) is 28.5 Å². The minimum Gasteiger partial charge on any atom is -0.479 e. The maximum absolute atomic E-state index is 10.3. The zero-order valence-corrected chi connectivity index (χ0v) is 7.52. The molecule has 64 valence electrons. The quantitative estimate of drug-likeness (QED) is 0.796. The van der Waals surface area contributed by atoms with Crippen molar-refractivity contribution in [2.24, 2.45) is 0 Å². The van der Waals surface area contributed by atoms with Crippen LogP contribution in [0.3, 0.4) is 0 Å². The molecular weight excluding hydrogens is 226 g/mol. The molecular formula is C7H6BrNO3. The Morgan fingerprint density at radius 3 is 2.83 bits per heavy atom. The monoisotopic (exact) mass is 231 g/mol. The topological polar surface area (TPSA) is 70.4 Å². The van der Waals surface area contributed by atoms with Crippen LogP contribution < -0.4 is 0 Å². The highest BCUT2D eigenvalue weighted by molar-refractivity contribution is 9.10. The van der Waals surface area contributed by atoms with Crippen molar-refractivity contribution in [1.82, 2.24) is 4.98 Å². The van der Waals surface area contributed by atoms with Crippen molar-refractivity contribution < 1.29 is 15.0 Å². The van der Waals surface area contributed by atoms with Crippen LogP contribution in [0.2, 0.25) is 0 Å². The summed E-state index contributed by atoms with van der Waals surface area (Å²) >= 11 is 3.08. The molecule has 5 heteroatoms. The van der Waals surface area contributed by atoms with E-state index in [4.69, 9.17) is 10.2 Å². The fraction of sp³-hybridized carbons (Fsp3) is 0.143. The Balaban J connectivity index is 3.02. The second kappa shape index (κ2) is 3.64. The number of aromatic nitrogens is 1. The van der Waals surface area contributed by atoms with E-state index in [1.165, 1.54) is 6.20 Å². The van der Waals surface area contributed by atoms with Gasteiger partial charge in [0, 0.05) is 10.7 Å². The highest BCUT2D eigenvalue weighted by Gasteiger charge is 2.19. The number of carboxylic acids is 1. The van der Waals surface area contributed by atoms with Crippen LogP contribution in [0, 0.1) is 0 Å². The fourth-order valence-corrected chi connectivity index (χ4v) is 1.19. The van der Waals surface area contributed by atoms with Crippen LogP contribution in [0.25, 0.3) is 0 Å². The molecule has 0 amide bonds. The number of aliphatic hydroxyl groups excluding tert-OH is 1. The zero-order chi connectivity index (χ0) is 9.14. The molecule has 1 aromatic rings. The van der Waals surface area contributed by atoms with Gasteiger partial charge in [-0.2, -0.15) is 0 Å². The second-order valence-corrected chi connectivity index (χ2v) is 2.97. The lowest BCUT2D eigenvalue weighted by atomic mass is 10.2. The third-order valence-corrected chi connectivity index (χ3v) is 1.95. The standard InChI is InChI=1S/C7H6BrNO3/c8-4-2-1-3-9-5(4)6(10)7(11)12/h1-3,6,10H,(H,11,12). The largest absolute Gasteiger partial charge is 0.479 e. The van der Waals surface area contributed by atoms with Gasteiger partial charge in [-0.3, -0.25) is 4.98 Å². The maximum atomic E-state index is 10.3. The maximum Gasteiger partial charge on any atom is 0.338 e. The van der Waals surface area contributed by atoms with Gasteiger partial charge in [0.2, 0.25) is 0 Å². The summed E-state index contributed by atoms with van der Waals surface area (Å²) in [5.41, 5.74) is 0.116. The number of hydrogen-bond donors (Lipinski definition) is 2. The SMILES string of the molecule is O=C(O)C(O)c1ncccc1Br. The highest BCUT2D eigenvalue weighted by Crippen LogP contribution is 2.20. The summed E-state index contributed by atoms with van der Waals surface area (Å²) < 4.78 is 0.486. The molecule has 1 atom stereocenters. The third-order valence-electron chi connectivity index (χ3n) is 1.28. The van der Waals surface area contributed by atoms with Crippen LogP contribution in [0.4, 0.5) is 0 Å². The van der Waals surface area contributed by atoms with Crippen molar-refractivity contribution in [3.63, 3.8) is 0 Å². The van der Waals surface area contributed by atoms with Crippen LogP contribution in [0.15, 0.2) is 22.8 Å². The summed E-state index contributed by atoms with van der Waals surface area (Å²) in [7, 11) is 0. The molecule has 12 heavy (non-hydrogen) atoms. The van der Waals surface area contributed by atoms with Crippen molar-refractivity contribution in [3.8, 4) is 0 Å². The van der Waals surface area contributed by atoms with E-state index >= 15 is 0 Å². The number of nitrogens with zero attached hydrogens (tertiary/aromatic N) is 1. The lowest BCUT2D eigenvalue weighted by Crippen LogP contribution is -2.12. The first-order valence-electron chi connectivity index (χ1n) is 3.14. The number of hydrogen-bond acceptors (Lipinski definition) is 3. The van der Waals surface area contributed by atoms with Gasteiger partial charge in [0.05, 0.1) is 5.69 Å². The van der Waals surface area contributed by atoms with E-state index in [0.29, 0.717) is 4.47 Å². The highest BCUT2D eigenvalue weighted by atomic mass is 79.9. The Labute approximate surface area is 77.0 Å². The molecule has 1 aromatic heterocycles. The first-order valence-corrected chi connectivity index (χ1v) is 3.93. The molecule has 0 aromatic carbocycles. The van der Waals surface area contributed by atoms with Gasteiger partial charge in [-0.15, -0.1) is 0 Å². The smallest absolute Gasteiger partial charge is 0.338 e. The normalized spacial score (nSPS) is 12.5. The first-order chi connectivity index (χ1) is 5.63. The van der Waals surface area contributed by atoms with Crippen LogP contribution >= 0.6 is 15.9 Å². The summed E-state index contributed by atoms with van der Waals surface area (Å²) in [5, 5.41) is 17.5. The molecule has 2 N–H and O–H groups in total. The summed E-state index contributed by atoms with van der Waals surface area (Å²) in [6, 6.07) is 3.26. The Hall–Kier alpha value is -0.940. The number of rotatable bonds is 2. The van der Waals surface area contributed by atoms with E-state index in [1.807, 2.05) is 0 Å². The van der Waals surface area contributed by atoms with Crippen LogP contribution in [-0.4, -0.2) is 21.2 Å². The van der Waals surface area contributed by atoms with Crippen LogP contribution in [0.1, 0.15) is 11.8 Å². The number of carbonyl (C=O) groups is 1. The Bertz CT molecular complexity index is 302. The average molecular weight is 232 g/mol. The Kier molecular flexibility index (Phi) is 2.78. The third kappa shape index (κ3) is 1.80. The van der Waals surface area contributed by atoms with E-state index in [-0.39, 0.29) is 5.69 Å². The van der Waals surface area contributed by atoms with Gasteiger partial charge in [-0.05, 0) is 28.1 Å². The number of aliphatic carboxylic acids is 1. The molecule has 0 aliphatic rings. The van der Waals surface area contributed by atoms with Gasteiger partial charge < -0.3 is 10.2 Å². The molecule has 0 saturated heterocycles. The lowest BCUT2D eigenvalue weighted by Gasteiger charge is -2.05. The lowest BCUT2D eigenvalue weighted by molar-refractivity contribution is -0.147. The first kappa shape index (κ1) is 9.15. The number of halogens is 1. The number of pyridine rings is 1. The molecule has 0 spiro atoms. The van der Waals surface area contributed by atoms with Crippen LogP contribution in [-0.2, 0) is 4.79 Å². The van der Waals surface area contributed by atoms with Crippen LogP contribution in [0.5, 0.6) is 0 Å². The van der Waals surface area contributed by atoms with E-state index in [2.05, 4.69) is 20.9 Å². The van der Waals surface area contributed by atoms with E-state index in [9.17, 15) is 4.79 Å². The molecule has 4 nitrogen and oxygen atoms in total. The van der Waals surface area contributed by atoms with Gasteiger partial charge in [0.1, 0.15) is 0 Å². The molecule has 0 radical (unpaired) electrons. The minimum atomic E-state index is -1.57. The summed E-state index contributed by atoms with van der Waals surface area (Å²) in [4.78, 5) is 14.1. The molecule has 1 heterocycles. The summed E-state index contributed by atoms with van der Waals surface area (Å²) in [5.74, 6) is -1.31. The van der Waals surface area contributed by atoms with E-state index in [1.54, 1.807) is 12.1 Å². The molecule has 1 unspecified atom stereocenters. The predicted octanol–water partition coefficient (Wildman–Crippen LogP) is 0.962. The van der Waals surface area contributed by atoms with Crippen molar-refractivity contribution in [2.75, 3.05) is 0 Å². The van der Waals surface area contributed by atoms with Gasteiger partial charge in [0.15, 0.2) is 6.10 Å². The predicted molar refractivity (Wildman–Crippen MR) is 44.5 cm³/mol. The van der Waals surface area contributed by atoms with Crippen molar-refractivity contribution in [1.29, 1.82) is 0 Å². The zero-order valence-electron chi connectivity index (χ0n) is 5.94. The van der Waals surface area contributed by atoms with Crippen molar-refractivity contribution >= 4 is 21.9 Å². The Morgan fingerprint density at radius 2 is 2.33 bits per heavy atom. The number of carboxylic acid groups (broad SMARTS) is 1. The van der Waals surface area contributed by atoms with E-state index in [0.717, 1.165) is 0 Å². The van der Waals surface area contributed by atoms with Gasteiger partial charge >= 0.3 is 5.97 Å². The van der Waals surface area contributed by atoms with Gasteiger partial charge in [0.25, 0.3) is 0 Å². The number of aliphatic hydroxyl groups is 1. The molecule has 0 saturated carbocycles. The summed E-state index contributed by atoms with van der Waals surface area (Å²) in [6.07, 6.45) is -0.146. The van der Waals surface area contributed by atoms with Crippen molar-refractivity contribution in [2.45, 2.75) is 6.10 Å². The van der Waals surface area contributed by atoms with Gasteiger partial charge in [-0.25, -0.2) is 4.79 Å². The molecule has 0 fully saturated rings. The second-order valence-electron chi connectivity index (χ2n) is 2.11.